The van der Waals surface area contributed by atoms with E-state index in [-0.39, 0.29) is 11.9 Å². The van der Waals surface area contributed by atoms with Gasteiger partial charge in [-0.05, 0) is 37.1 Å². The molecule has 1 atom stereocenters. The number of ether oxygens (including phenoxy) is 2. The predicted molar refractivity (Wildman–Crippen MR) is 120 cm³/mol. The fourth-order valence-corrected chi connectivity index (χ4v) is 3.75. The molecule has 0 aliphatic carbocycles. The maximum atomic E-state index is 12.9. The summed E-state index contributed by atoms with van der Waals surface area (Å²) in [5.74, 6) is 0.633. The quantitative estimate of drug-likeness (QED) is 0.687. The van der Waals surface area contributed by atoms with Gasteiger partial charge in [0.2, 0.25) is 5.91 Å². The summed E-state index contributed by atoms with van der Waals surface area (Å²) in [7, 11) is 1.62. The van der Waals surface area contributed by atoms with Gasteiger partial charge in [-0.15, -0.1) is 0 Å². The molecule has 1 saturated heterocycles. The topological polar surface area (TPSA) is 54.0 Å². The average molecular weight is 412 g/mol. The number of morpholine rings is 1. The molecule has 1 aliphatic rings. The van der Waals surface area contributed by atoms with Crippen molar-refractivity contribution in [3.05, 3.63) is 59.7 Å². The Morgan fingerprint density at radius 1 is 1.20 bits per heavy atom. The lowest BCUT2D eigenvalue weighted by atomic mass is 10.1. The Morgan fingerprint density at radius 2 is 1.93 bits per heavy atom. The molecular weight excluding hydrogens is 378 g/mol. The van der Waals surface area contributed by atoms with Crippen LogP contribution in [0.15, 0.2) is 48.5 Å². The fraction of sp³-hybridized carbons (Fsp3) is 0.458. The van der Waals surface area contributed by atoms with E-state index in [1.165, 1.54) is 5.56 Å². The molecule has 1 fully saturated rings. The van der Waals surface area contributed by atoms with Crippen molar-refractivity contribution in [2.24, 2.45) is 0 Å². The first-order valence-electron chi connectivity index (χ1n) is 10.6. The normalized spacial score (nSPS) is 15.7. The van der Waals surface area contributed by atoms with Crippen LogP contribution in [0.5, 0.6) is 5.75 Å². The number of anilines is 1. The Morgan fingerprint density at radius 3 is 2.63 bits per heavy atom. The standard InChI is InChI=1S/C24H33N3O3/c1-19-9-10-23(29-3)22(15-19)25-24(28)18-27(17-21-7-5-4-6-8-21)20(2)16-26-11-13-30-14-12-26/h4-10,15,20H,11-14,16-18H2,1-3H3,(H,25,28). The SMILES string of the molecule is COc1ccc(C)cc1NC(=O)CN(Cc1ccccc1)C(C)CN1CCOCC1. The van der Waals surface area contributed by atoms with E-state index in [2.05, 4.69) is 34.2 Å². The van der Waals surface area contributed by atoms with Crippen molar-refractivity contribution in [3.63, 3.8) is 0 Å². The van der Waals surface area contributed by atoms with Crippen LogP contribution in [0.2, 0.25) is 0 Å². The van der Waals surface area contributed by atoms with E-state index in [9.17, 15) is 4.79 Å². The largest absolute Gasteiger partial charge is 0.495 e. The van der Waals surface area contributed by atoms with Gasteiger partial charge in [-0.2, -0.15) is 0 Å². The molecule has 6 heteroatoms. The zero-order valence-corrected chi connectivity index (χ0v) is 18.3. The first kappa shape index (κ1) is 22.3. The summed E-state index contributed by atoms with van der Waals surface area (Å²) in [6, 6.07) is 16.3. The van der Waals surface area contributed by atoms with Crippen LogP contribution in [0, 0.1) is 6.92 Å². The minimum atomic E-state index is -0.0383. The summed E-state index contributed by atoms with van der Waals surface area (Å²) in [4.78, 5) is 17.6. The number of aryl methyl sites for hydroxylation is 1. The van der Waals surface area contributed by atoms with Crippen LogP contribution in [-0.2, 0) is 16.1 Å². The third kappa shape index (κ3) is 6.55. The molecule has 1 N–H and O–H groups in total. The van der Waals surface area contributed by atoms with Crippen LogP contribution in [-0.4, -0.2) is 68.3 Å². The van der Waals surface area contributed by atoms with Crippen LogP contribution in [0.3, 0.4) is 0 Å². The van der Waals surface area contributed by atoms with Gasteiger partial charge in [-0.25, -0.2) is 0 Å². The van der Waals surface area contributed by atoms with E-state index in [0.29, 0.717) is 18.0 Å². The second-order valence-corrected chi connectivity index (χ2v) is 7.90. The monoisotopic (exact) mass is 411 g/mol. The van der Waals surface area contributed by atoms with E-state index in [1.54, 1.807) is 7.11 Å². The highest BCUT2D eigenvalue weighted by Gasteiger charge is 2.22. The Labute approximate surface area is 179 Å². The smallest absolute Gasteiger partial charge is 0.238 e. The molecule has 30 heavy (non-hydrogen) atoms. The van der Waals surface area contributed by atoms with Gasteiger partial charge >= 0.3 is 0 Å². The molecule has 2 aromatic carbocycles. The third-order valence-electron chi connectivity index (χ3n) is 5.45. The van der Waals surface area contributed by atoms with Gasteiger partial charge < -0.3 is 14.8 Å². The highest BCUT2D eigenvalue weighted by atomic mass is 16.5. The van der Waals surface area contributed by atoms with E-state index in [1.807, 2.05) is 43.3 Å². The second-order valence-electron chi connectivity index (χ2n) is 7.90. The van der Waals surface area contributed by atoms with Crippen LogP contribution >= 0.6 is 0 Å². The van der Waals surface area contributed by atoms with Gasteiger partial charge in [0.05, 0.1) is 32.6 Å². The zero-order chi connectivity index (χ0) is 21.3. The number of benzene rings is 2. The molecule has 3 rings (SSSR count). The number of amides is 1. The number of carbonyl (C=O) groups is 1. The molecule has 1 amide bonds. The van der Waals surface area contributed by atoms with E-state index in [4.69, 9.17) is 9.47 Å². The number of hydrogen-bond acceptors (Lipinski definition) is 5. The first-order valence-corrected chi connectivity index (χ1v) is 10.6. The fourth-order valence-electron chi connectivity index (χ4n) is 3.75. The lowest BCUT2D eigenvalue weighted by Crippen LogP contribution is -2.47. The molecule has 1 unspecified atom stereocenters. The third-order valence-corrected chi connectivity index (χ3v) is 5.45. The molecule has 0 radical (unpaired) electrons. The maximum Gasteiger partial charge on any atom is 0.238 e. The number of nitrogens with one attached hydrogen (secondary N) is 1. The van der Waals surface area contributed by atoms with Gasteiger partial charge in [-0.3, -0.25) is 14.6 Å². The van der Waals surface area contributed by atoms with E-state index in [0.717, 1.165) is 45.0 Å². The number of carbonyl (C=O) groups excluding carboxylic acids is 1. The Hall–Kier alpha value is -2.41. The maximum absolute atomic E-state index is 12.9. The van der Waals surface area contributed by atoms with Crippen molar-refractivity contribution in [2.75, 3.05) is 51.8 Å². The van der Waals surface area contributed by atoms with Gasteiger partial charge in [-0.1, -0.05) is 36.4 Å². The first-order chi connectivity index (χ1) is 14.5. The number of rotatable bonds is 9. The number of nitrogens with zero attached hydrogens (tertiary/aromatic N) is 2. The minimum Gasteiger partial charge on any atom is -0.495 e. The zero-order valence-electron chi connectivity index (χ0n) is 18.3. The van der Waals surface area contributed by atoms with Gasteiger partial charge in [0.1, 0.15) is 5.75 Å². The van der Waals surface area contributed by atoms with Crippen LogP contribution in [0.4, 0.5) is 5.69 Å². The van der Waals surface area contributed by atoms with Crippen molar-refractivity contribution in [3.8, 4) is 5.75 Å². The van der Waals surface area contributed by atoms with E-state index >= 15 is 0 Å². The molecule has 0 saturated carbocycles. The molecule has 1 heterocycles. The van der Waals surface area contributed by atoms with Crippen molar-refractivity contribution in [1.29, 1.82) is 0 Å². The van der Waals surface area contributed by atoms with Crippen molar-refractivity contribution in [1.82, 2.24) is 9.80 Å². The molecule has 1 aliphatic heterocycles. The Bertz CT molecular complexity index is 807. The van der Waals surface area contributed by atoms with Crippen molar-refractivity contribution < 1.29 is 14.3 Å². The molecule has 2 aromatic rings. The lowest BCUT2D eigenvalue weighted by molar-refractivity contribution is -0.118. The summed E-state index contributed by atoms with van der Waals surface area (Å²) < 4.78 is 10.9. The highest BCUT2D eigenvalue weighted by molar-refractivity contribution is 5.93. The summed E-state index contributed by atoms with van der Waals surface area (Å²) in [6.07, 6.45) is 0. The summed E-state index contributed by atoms with van der Waals surface area (Å²) >= 11 is 0. The molecule has 0 spiro atoms. The van der Waals surface area contributed by atoms with E-state index < -0.39 is 0 Å². The molecule has 0 bridgehead atoms. The Balaban J connectivity index is 1.69. The van der Waals surface area contributed by atoms with Gasteiger partial charge in [0, 0.05) is 32.2 Å². The van der Waals surface area contributed by atoms with Crippen LogP contribution in [0.25, 0.3) is 0 Å². The summed E-state index contributed by atoms with van der Waals surface area (Å²) in [5.41, 5.74) is 2.99. The molecular formula is C24H33N3O3. The minimum absolute atomic E-state index is 0.0383. The summed E-state index contributed by atoms with van der Waals surface area (Å²) in [6.45, 7) is 9.59. The van der Waals surface area contributed by atoms with Crippen molar-refractivity contribution >= 4 is 11.6 Å². The number of methoxy groups -OCH3 is 1. The number of hydrogen-bond donors (Lipinski definition) is 1. The van der Waals surface area contributed by atoms with Gasteiger partial charge in [0.15, 0.2) is 0 Å². The molecule has 162 valence electrons. The lowest BCUT2D eigenvalue weighted by Gasteiger charge is -2.34. The molecule has 0 aromatic heterocycles. The van der Waals surface area contributed by atoms with Crippen molar-refractivity contribution in [2.45, 2.75) is 26.4 Å². The average Bonchev–Trinajstić information content (AvgIpc) is 2.75. The van der Waals surface area contributed by atoms with Gasteiger partial charge in [0.25, 0.3) is 0 Å². The van der Waals surface area contributed by atoms with Crippen LogP contribution in [0.1, 0.15) is 18.1 Å². The highest BCUT2D eigenvalue weighted by Crippen LogP contribution is 2.25. The molecule has 6 nitrogen and oxygen atoms in total. The predicted octanol–water partition coefficient (Wildman–Crippen LogP) is 3.17. The summed E-state index contributed by atoms with van der Waals surface area (Å²) in [5, 5.41) is 3.04. The Kier molecular flexibility index (Phi) is 8.25. The van der Waals surface area contributed by atoms with Crippen LogP contribution < -0.4 is 10.1 Å². The second kappa shape index (κ2) is 11.1.